The number of imidazole rings is 1. The summed E-state index contributed by atoms with van der Waals surface area (Å²) in [7, 11) is 0. The molecule has 2 aromatic rings. The summed E-state index contributed by atoms with van der Waals surface area (Å²) >= 11 is 0. The lowest BCUT2D eigenvalue weighted by molar-refractivity contribution is -0.137. The van der Waals surface area contributed by atoms with Crippen molar-refractivity contribution in [2.75, 3.05) is 13.2 Å². The zero-order valence-electron chi connectivity index (χ0n) is 16.8. The zero-order valence-corrected chi connectivity index (χ0v) is 16.8. The molecular weight excluding hydrogens is 376 g/mol. The van der Waals surface area contributed by atoms with Crippen LogP contribution in [0.1, 0.15) is 62.8 Å². The predicted octanol–water partition coefficient (Wildman–Crippen LogP) is 2.91. The van der Waals surface area contributed by atoms with Gasteiger partial charge < -0.3 is 20.1 Å². The van der Waals surface area contributed by atoms with Crippen LogP contribution >= 0.6 is 0 Å². The average Bonchev–Trinajstić information content (AvgIpc) is 2.97. The number of aliphatic hydroxyl groups is 1. The lowest BCUT2D eigenvalue weighted by Gasteiger charge is -2.13. The van der Waals surface area contributed by atoms with Crippen LogP contribution in [-0.2, 0) is 16.0 Å². The highest BCUT2D eigenvalue weighted by Crippen LogP contribution is 2.23. The first kappa shape index (κ1) is 22.7. The van der Waals surface area contributed by atoms with Crippen LogP contribution in [0, 0.1) is 0 Å². The van der Waals surface area contributed by atoms with Crippen molar-refractivity contribution < 1.29 is 24.9 Å². The van der Waals surface area contributed by atoms with E-state index in [9.17, 15) is 19.8 Å². The molecule has 1 heterocycles. The number of carboxylic acid groups (broad SMARTS) is 1. The number of unbranched alkanes of at least 4 members (excludes halogenated alkanes) is 2. The number of hydrogen-bond donors (Lipinski definition) is 4. The Labute approximate surface area is 169 Å². The molecule has 29 heavy (non-hydrogen) atoms. The van der Waals surface area contributed by atoms with E-state index in [1.165, 1.54) is 4.57 Å². The second-order valence-corrected chi connectivity index (χ2v) is 7.02. The summed E-state index contributed by atoms with van der Waals surface area (Å²) in [5, 5.41) is 28.9. The number of benzene rings is 1. The van der Waals surface area contributed by atoms with Crippen molar-refractivity contribution >= 4 is 5.97 Å². The van der Waals surface area contributed by atoms with Gasteiger partial charge in [-0.1, -0.05) is 38.3 Å². The highest BCUT2D eigenvalue weighted by atomic mass is 16.5. The molecule has 0 aliphatic rings. The largest absolute Gasteiger partial charge is 0.493 e. The van der Waals surface area contributed by atoms with Crippen LogP contribution in [0.3, 0.4) is 0 Å². The van der Waals surface area contributed by atoms with Crippen LogP contribution in [-0.4, -0.2) is 44.1 Å². The molecule has 0 aliphatic carbocycles. The number of rotatable bonds is 13. The minimum Gasteiger partial charge on any atom is -0.493 e. The van der Waals surface area contributed by atoms with E-state index in [0.29, 0.717) is 37.3 Å². The molecule has 0 amide bonds. The Morgan fingerprint density at radius 2 is 1.90 bits per heavy atom. The number of aliphatic hydroxyl groups excluding tert-OH is 1. The summed E-state index contributed by atoms with van der Waals surface area (Å²) in [6.45, 7) is 2.66. The van der Waals surface area contributed by atoms with Gasteiger partial charge in [-0.25, -0.2) is 4.79 Å². The van der Waals surface area contributed by atoms with Crippen LogP contribution in [0.2, 0.25) is 0 Å². The fourth-order valence-corrected chi connectivity index (χ4v) is 3.16. The van der Waals surface area contributed by atoms with E-state index in [1.54, 1.807) is 24.3 Å². The maximum absolute atomic E-state index is 12.3. The zero-order chi connectivity index (χ0) is 21.2. The predicted molar refractivity (Wildman–Crippen MR) is 109 cm³/mol. The van der Waals surface area contributed by atoms with Crippen LogP contribution in [0.25, 0.3) is 5.69 Å². The van der Waals surface area contributed by atoms with E-state index in [2.05, 4.69) is 11.9 Å². The Balaban J connectivity index is 2.02. The van der Waals surface area contributed by atoms with Crippen molar-refractivity contribution in [2.24, 2.45) is 0 Å². The fraction of sp³-hybridized carbons (Fsp3) is 0.524. The second-order valence-electron chi connectivity index (χ2n) is 7.02. The van der Waals surface area contributed by atoms with Gasteiger partial charge in [0.1, 0.15) is 0 Å². The SMILES string of the molecule is CCCCCC(O)c1ccc(-n2c(CCOCCCC(=O)O)c(O)[nH]c2=O)cc1. The van der Waals surface area contributed by atoms with E-state index in [0.717, 1.165) is 24.8 Å². The third-order valence-electron chi connectivity index (χ3n) is 4.75. The number of ether oxygens (including phenoxy) is 1. The molecule has 1 aromatic heterocycles. The number of nitrogens with zero attached hydrogens (tertiary/aromatic N) is 1. The van der Waals surface area contributed by atoms with Gasteiger partial charge in [-0.15, -0.1) is 0 Å². The molecule has 4 N–H and O–H groups in total. The van der Waals surface area contributed by atoms with Gasteiger partial charge >= 0.3 is 11.7 Å². The van der Waals surface area contributed by atoms with Crippen molar-refractivity contribution in [3.63, 3.8) is 0 Å². The average molecular weight is 406 g/mol. The van der Waals surface area contributed by atoms with E-state index in [1.807, 2.05) is 0 Å². The molecule has 0 bridgehead atoms. The van der Waals surface area contributed by atoms with Crippen LogP contribution in [0.5, 0.6) is 5.88 Å². The van der Waals surface area contributed by atoms with Crippen LogP contribution in [0.4, 0.5) is 0 Å². The Hall–Kier alpha value is -2.58. The molecular formula is C21H30N2O6. The Morgan fingerprint density at radius 3 is 2.55 bits per heavy atom. The van der Waals surface area contributed by atoms with Gasteiger partial charge in [0.25, 0.3) is 0 Å². The van der Waals surface area contributed by atoms with Gasteiger partial charge in [-0.2, -0.15) is 0 Å². The quantitative estimate of drug-likeness (QED) is 0.379. The third kappa shape index (κ3) is 6.76. The number of aromatic nitrogens is 2. The van der Waals surface area contributed by atoms with Crippen molar-refractivity contribution in [1.29, 1.82) is 0 Å². The smallest absolute Gasteiger partial charge is 0.333 e. The van der Waals surface area contributed by atoms with E-state index >= 15 is 0 Å². The number of carboxylic acids is 1. The van der Waals surface area contributed by atoms with Gasteiger partial charge in [0.2, 0.25) is 5.88 Å². The minimum atomic E-state index is -0.871. The lowest BCUT2D eigenvalue weighted by atomic mass is 10.0. The molecule has 0 saturated heterocycles. The number of carbonyl (C=O) groups is 1. The number of hydrogen-bond acceptors (Lipinski definition) is 5. The monoisotopic (exact) mass is 406 g/mol. The summed E-state index contributed by atoms with van der Waals surface area (Å²) in [5.74, 6) is -1.09. The van der Waals surface area contributed by atoms with E-state index < -0.39 is 17.8 Å². The number of H-pyrrole nitrogens is 1. The highest BCUT2D eigenvalue weighted by molar-refractivity contribution is 5.66. The van der Waals surface area contributed by atoms with Gasteiger partial charge in [-0.3, -0.25) is 14.3 Å². The number of aliphatic carboxylic acids is 1. The fourth-order valence-electron chi connectivity index (χ4n) is 3.16. The van der Waals surface area contributed by atoms with Crippen molar-refractivity contribution in [3.05, 3.63) is 46.0 Å². The highest BCUT2D eigenvalue weighted by Gasteiger charge is 2.16. The Morgan fingerprint density at radius 1 is 1.17 bits per heavy atom. The van der Waals surface area contributed by atoms with Crippen molar-refractivity contribution in [1.82, 2.24) is 9.55 Å². The second kappa shape index (κ2) is 11.4. The standard InChI is InChI=1S/C21H30N2O6/c1-2-3-4-6-18(24)15-8-10-16(11-9-15)23-17(20(27)22-21(23)28)12-14-29-13-5-7-19(25)26/h8-11,18,24,27H,2-7,12-14H2,1H3,(H,22,28)(H,25,26). The molecule has 1 aromatic carbocycles. The number of aromatic amines is 1. The molecule has 0 fully saturated rings. The molecule has 0 saturated carbocycles. The van der Waals surface area contributed by atoms with E-state index in [4.69, 9.17) is 9.84 Å². The number of aromatic hydroxyl groups is 1. The Bertz CT molecular complexity index is 825. The summed E-state index contributed by atoms with van der Waals surface area (Å²) in [6, 6.07) is 7.05. The molecule has 2 rings (SSSR count). The van der Waals surface area contributed by atoms with Gasteiger partial charge in [0.15, 0.2) is 0 Å². The maximum atomic E-state index is 12.3. The summed E-state index contributed by atoms with van der Waals surface area (Å²) in [4.78, 5) is 25.1. The lowest BCUT2D eigenvalue weighted by Crippen LogP contribution is -2.18. The molecule has 0 aliphatic heterocycles. The normalized spacial score (nSPS) is 12.2. The minimum absolute atomic E-state index is 0.0384. The van der Waals surface area contributed by atoms with Crippen LogP contribution in [0.15, 0.2) is 29.1 Å². The summed E-state index contributed by atoms with van der Waals surface area (Å²) in [5.41, 5.74) is 1.31. The van der Waals surface area contributed by atoms with Gasteiger partial charge in [0, 0.05) is 19.4 Å². The third-order valence-corrected chi connectivity index (χ3v) is 4.75. The maximum Gasteiger partial charge on any atom is 0.333 e. The Kier molecular flexibility index (Phi) is 8.95. The molecule has 0 spiro atoms. The van der Waals surface area contributed by atoms with Crippen molar-refractivity contribution in [2.45, 2.75) is 58.0 Å². The molecule has 8 nitrogen and oxygen atoms in total. The van der Waals surface area contributed by atoms with Gasteiger partial charge in [0.05, 0.1) is 24.1 Å². The molecule has 160 valence electrons. The first-order valence-corrected chi connectivity index (χ1v) is 10.0. The molecule has 1 atom stereocenters. The first-order valence-electron chi connectivity index (χ1n) is 10.0. The molecule has 8 heteroatoms. The summed E-state index contributed by atoms with van der Waals surface area (Å²) in [6.07, 6.45) is 4.03. The van der Waals surface area contributed by atoms with E-state index in [-0.39, 0.29) is 18.9 Å². The number of nitrogens with one attached hydrogen (secondary N) is 1. The van der Waals surface area contributed by atoms with Crippen molar-refractivity contribution in [3.8, 4) is 11.6 Å². The van der Waals surface area contributed by atoms with Crippen LogP contribution < -0.4 is 5.69 Å². The molecule has 0 radical (unpaired) electrons. The topological polar surface area (TPSA) is 125 Å². The first-order chi connectivity index (χ1) is 13.9. The summed E-state index contributed by atoms with van der Waals surface area (Å²) < 4.78 is 6.78. The van der Waals surface area contributed by atoms with Gasteiger partial charge in [-0.05, 0) is 30.5 Å². The molecule has 1 unspecified atom stereocenters.